The SMILES string of the molecule is CCN1C(=O)C2C(N=C3N(c4ccc(S(N)(=O)=O)cc4)C(C)=C(C)N32)N(C)C1=O. The van der Waals surface area contributed by atoms with Gasteiger partial charge in [-0.1, -0.05) is 0 Å². The molecule has 0 aromatic heterocycles. The maximum absolute atomic E-state index is 13.0. The average Bonchev–Trinajstić information content (AvgIpc) is 3.16. The lowest BCUT2D eigenvalue weighted by Crippen LogP contribution is -2.64. The van der Waals surface area contributed by atoms with Gasteiger partial charge in [0.15, 0.2) is 12.2 Å². The van der Waals surface area contributed by atoms with E-state index in [1.165, 1.54) is 21.9 Å². The number of hydrogen-bond donors (Lipinski definition) is 1. The number of likely N-dealkylation sites (N-methyl/N-ethyl adjacent to an activating group) is 2. The van der Waals surface area contributed by atoms with Crippen molar-refractivity contribution in [3.05, 3.63) is 35.7 Å². The third-order valence-corrected chi connectivity index (χ3v) is 6.56. The molecule has 1 aromatic carbocycles. The van der Waals surface area contributed by atoms with Gasteiger partial charge in [0, 0.05) is 30.7 Å². The van der Waals surface area contributed by atoms with Crippen LogP contribution in [0, 0.1) is 0 Å². The molecule has 2 N–H and O–H groups in total. The van der Waals surface area contributed by atoms with E-state index in [0.29, 0.717) is 11.6 Å². The first kappa shape index (κ1) is 19.4. The highest BCUT2D eigenvalue weighted by atomic mass is 32.2. The Labute approximate surface area is 168 Å². The summed E-state index contributed by atoms with van der Waals surface area (Å²) in [5.74, 6) is 0.252. The number of primary sulfonamides is 1. The van der Waals surface area contributed by atoms with Crippen LogP contribution in [0.3, 0.4) is 0 Å². The van der Waals surface area contributed by atoms with Crippen LogP contribution in [0.15, 0.2) is 45.5 Å². The number of allylic oxidation sites excluding steroid dienone is 2. The van der Waals surface area contributed by atoms with Gasteiger partial charge in [-0.25, -0.2) is 23.3 Å². The molecule has 0 aliphatic carbocycles. The Balaban J connectivity index is 1.77. The molecule has 2 atom stereocenters. The first-order valence-corrected chi connectivity index (χ1v) is 10.7. The predicted octanol–water partition coefficient (Wildman–Crippen LogP) is 0.686. The summed E-state index contributed by atoms with van der Waals surface area (Å²) in [7, 11) is -2.16. The second kappa shape index (κ2) is 6.29. The van der Waals surface area contributed by atoms with Crippen LogP contribution in [-0.2, 0) is 14.8 Å². The van der Waals surface area contributed by atoms with Gasteiger partial charge >= 0.3 is 6.03 Å². The molecule has 0 saturated carbocycles. The second-order valence-corrected chi connectivity index (χ2v) is 8.74. The third-order valence-electron chi connectivity index (χ3n) is 5.63. The smallest absolute Gasteiger partial charge is 0.302 e. The van der Waals surface area contributed by atoms with Gasteiger partial charge in [0.1, 0.15) is 0 Å². The number of sulfonamides is 1. The fourth-order valence-electron chi connectivity index (χ4n) is 4.00. The summed E-state index contributed by atoms with van der Waals surface area (Å²) in [6.07, 6.45) is -0.623. The van der Waals surface area contributed by atoms with E-state index >= 15 is 0 Å². The second-order valence-electron chi connectivity index (χ2n) is 7.18. The van der Waals surface area contributed by atoms with Crippen LogP contribution in [0.25, 0.3) is 0 Å². The maximum atomic E-state index is 13.0. The van der Waals surface area contributed by atoms with Crippen LogP contribution in [0.1, 0.15) is 20.8 Å². The minimum Gasteiger partial charge on any atom is -0.302 e. The molecule has 2 unspecified atom stereocenters. The molecule has 11 heteroatoms. The van der Waals surface area contributed by atoms with Crippen LogP contribution < -0.4 is 10.0 Å². The lowest BCUT2D eigenvalue weighted by Gasteiger charge is -2.40. The van der Waals surface area contributed by atoms with E-state index in [4.69, 9.17) is 10.1 Å². The van der Waals surface area contributed by atoms with Gasteiger partial charge in [0.2, 0.25) is 16.0 Å². The first-order chi connectivity index (χ1) is 13.6. The standard InChI is InChI=1S/C18H22N6O4S/c1-5-22-16(25)14-15(21(4)18(22)26)20-17-23(10(2)11(3)24(14)17)12-6-8-13(9-7-12)29(19,27)28/h6-9,14-15H,5H2,1-4H3,(H2,19,27,28). The van der Waals surface area contributed by atoms with Gasteiger partial charge in [0.05, 0.1) is 4.90 Å². The number of carbonyl (C=O) groups is 2. The van der Waals surface area contributed by atoms with Crippen molar-refractivity contribution in [1.29, 1.82) is 0 Å². The summed E-state index contributed by atoms with van der Waals surface area (Å²) < 4.78 is 23.1. The highest BCUT2D eigenvalue weighted by molar-refractivity contribution is 7.89. The summed E-state index contributed by atoms with van der Waals surface area (Å²) in [5.41, 5.74) is 2.39. The fraction of sp³-hybridized carbons (Fsp3) is 0.389. The van der Waals surface area contributed by atoms with Crippen molar-refractivity contribution in [2.24, 2.45) is 10.1 Å². The number of nitrogens with zero attached hydrogens (tertiary/aromatic N) is 5. The molecular formula is C18H22N6O4S. The molecule has 29 heavy (non-hydrogen) atoms. The maximum Gasteiger partial charge on any atom is 0.328 e. The molecule has 1 saturated heterocycles. The van der Waals surface area contributed by atoms with E-state index in [1.54, 1.807) is 26.1 Å². The van der Waals surface area contributed by atoms with Crippen LogP contribution >= 0.6 is 0 Å². The Bertz CT molecular complexity index is 1080. The van der Waals surface area contributed by atoms with Crippen molar-refractivity contribution in [3.63, 3.8) is 0 Å². The highest BCUT2D eigenvalue weighted by Gasteiger charge is 2.55. The molecule has 0 spiro atoms. The summed E-state index contributed by atoms with van der Waals surface area (Å²) in [6.45, 7) is 5.84. The molecule has 0 bridgehead atoms. The van der Waals surface area contributed by atoms with Crippen LogP contribution in [0.2, 0.25) is 0 Å². The molecule has 1 aromatic rings. The van der Waals surface area contributed by atoms with Gasteiger partial charge in [-0.3, -0.25) is 19.5 Å². The zero-order chi connectivity index (χ0) is 21.2. The molecule has 3 aliphatic heterocycles. The molecule has 10 nitrogen and oxygen atoms in total. The molecule has 3 heterocycles. The lowest BCUT2D eigenvalue weighted by atomic mass is 10.1. The number of amides is 3. The Morgan fingerprint density at radius 1 is 1.10 bits per heavy atom. The number of fused-ring (bicyclic) bond motifs is 3. The van der Waals surface area contributed by atoms with E-state index in [-0.39, 0.29) is 23.4 Å². The zero-order valence-corrected chi connectivity index (χ0v) is 17.3. The number of rotatable bonds is 3. The number of anilines is 1. The molecule has 3 amide bonds. The third kappa shape index (κ3) is 2.64. The number of guanidine groups is 1. The Kier molecular flexibility index (Phi) is 4.21. The van der Waals surface area contributed by atoms with E-state index in [2.05, 4.69) is 0 Å². The number of urea groups is 1. The quantitative estimate of drug-likeness (QED) is 0.771. The van der Waals surface area contributed by atoms with Crippen molar-refractivity contribution in [2.45, 2.75) is 37.9 Å². The number of nitrogens with two attached hydrogens (primary N) is 1. The normalized spacial score (nSPS) is 24.4. The van der Waals surface area contributed by atoms with Crippen molar-refractivity contribution >= 4 is 33.6 Å². The van der Waals surface area contributed by atoms with E-state index in [1.807, 2.05) is 23.6 Å². The zero-order valence-electron chi connectivity index (χ0n) is 16.5. The Morgan fingerprint density at radius 2 is 1.72 bits per heavy atom. The summed E-state index contributed by atoms with van der Waals surface area (Å²) in [4.78, 5) is 36.6. The van der Waals surface area contributed by atoms with E-state index < -0.39 is 22.2 Å². The number of aliphatic imine (C=N–C) groups is 1. The van der Waals surface area contributed by atoms with Crippen molar-refractivity contribution in [1.82, 2.24) is 14.7 Å². The Morgan fingerprint density at radius 3 is 2.28 bits per heavy atom. The van der Waals surface area contributed by atoms with Gasteiger partial charge in [-0.05, 0) is 45.0 Å². The topological polar surface area (TPSA) is 120 Å². The molecule has 1 fully saturated rings. The fourth-order valence-corrected chi connectivity index (χ4v) is 4.51. The van der Waals surface area contributed by atoms with Gasteiger partial charge in [-0.15, -0.1) is 0 Å². The van der Waals surface area contributed by atoms with Crippen LogP contribution in [-0.4, -0.2) is 66.8 Å². The molecular weight excluding hydrogens is 396 g/mol. The summed E-state index contributed by atoms with van der Waals surface area (Å²) in [5, 5.41) is 5.18. The first-order valence-electron chi connectivity index (χ1n) is 9.13. The number of hydrogen-bond acceptors (Lipinski definition) is 7. The van der Waals surface area contributed by atoms with Gasteiger partial charge in [0.25, 0.3) is 5.91 Å². The van der Waals surface area contributed by atoms with Crippen molar-refractivity contribution in [2.75, 3.05) is 18.5 Å². The molecule has 0 radical (unpaired) electrons. The van der Waals surface area contributed by atoms with Crippen LogP contribution in [0.4, 0.5) is 10.5 Å². The molecule has 154 valence electrons. The molecule has 3 aliphatic rings. The summed E-state index contributed by atoms with van der Waals surface area (Å²) >= 11 is 0. The van der Waals surface area contributed by atoms with E-state index in [9.17, 15) is 18.0 Å². The van der Waals surface area contributed by atoms with Crippen molar-refractivity contribution in [3.8, 4) is 0 Å². The Hall–Kier alpha value is -2.92. The number of benzene rings is 1. The summed E-state index contributed by atoms with van der Waals surface area (Å²) in [6, 6.07) is 5.14. The van der Waals surface area contributed by atoms with E-state index in [0.717, 1.165) is 11.4 Å². The van der Waals surface area contributed by atoms with Gasteiger partial charge in [-0.2, -0.15) is 0 Å². The number of carbonyl (C=O) groups excluding carboxylic acids is 2. The van der Waals surface area contributed by atoms with Crippen molar-refractivity contribution < 1.29 is 18.0 Å². The lowest BCUT2D eigenvalue weighted by molar-refractivity contribution is -0.136. The van der Waals surface area contributed by atoms with Crippen LogP contribution in [0.5, 0.6) is 0 Å². The number of imide groups is 1. The minimum absolute atomic E-state index is 0.0109. The molecule has 4 rings (SSSR count). The monoisotopic (exact) mass is 418 g/mol. The predicted molar refractivity (Wildman–Crippen MR) is 106 cm³/mol. The minimum atomic E-state index is -3.80. The van der Waals surface area contributed by atoms with Gasteiger partial charge < -0.3 is 4.90 Å². The largest absolute Gasteiger partial charge is 0.328 e. The highest BCUT2D eigenvalue weighted by Crippen LogP contribution is 2.39. The average molecular weight is 418 g/mol.